The summed E-state index contributed by atoms with van der Waals surface area (Å²) in [5.41, 5.74) is 1.26. The molecular weight excluding hydrogens is 500 g/mol. The molecule has 11 heteroatoms. The molecule has 1 aliphatic carbocycles. The van der Waals surface area contributed by atoms with Crippen LogP contribution in [0, 0.1) is 5.82 Å². The average molecular weight is 535 g/mol. The topological polar surface area (TPSA) is 55.8 Å². The lowest BCUT2D eigenvalue weighted by molar-refractivity contribution is -0.140. The lowest BCUT2D eigenvalue weighted by Crippen LogP contribution is -2.52. The second-order valence-corrected chi connectivity index (χ2v) is 10.7. The number of halogens is 4. The number of anilines is 1. The van der Waals surface area contributed by atoms with Crippen molar-refractivity contribution in [2.24, 2.45) is 0 Å². The fourth-order valence-electron chi connectivity index (χ4n) is 5.83. The highest BCUT2D eigenvalue weighted by atomic mass is 19.4. The molecular formula is C27H34F4N6O. The minimum absolute atomic E-state index is 0.177. The molecule has 0 bridgehead atoms. The molecule has 5 rings (SSSR count). The largest absolute Gasteiger partial charge is 0.419 e. The summed E-state index contributed by atoms with van der Waals surface area (Å²) in [6.07, 6.45) is -1.18. The second kappa shape index (κ2) is 10.8. The van der Waals surface area contributed by atoms with Crippen LogP contribution >= 0.6 is 0 Å². The monoisotopic (exact) mass is 534 g/mol. The van der Waals surface area contributed by atoms with Gasteiger partial charge in [-0.15, -0.1) is 0 Å². The van der Waals surface area contributed by atoms with E-state index in [9.17, 15) is 22.4 Å². The summed E-state index contributed by atoms with van der Waals surface area (Å²) in [5, 5.41) is 0. The Morgan fingerprint density at radius 1 is 1.05 bits per heavy atom. The Morgan fingerprint density at radius 3 is 2.42 bits per heavy atom. The van der Waals surface area contributed by atoms with Crippen LogP contribution in [0.2, 0.25) is 0 Å². The Balaban J connectivity index is 1.34. The van der Waals surface area contributed by atoms with Crippen molar-refractivity contribution in [1.29, 1.82) is 0 Å². The predicted octanol–water partition coefficient (Wildman–Crippen LogP) is 3.36. The minimum atomic E-state index is -4.78. The molecule has 3 heterocycles. The molecule has 1 aromatic carbocycles. The van der Waals surface area contributed by atoms with E-state index >= 15 is 0 Å². The number of likely N-dealkylation sites (N-methyl/N-ethyl adjacent to an activating group) is 1. The quantitative estimate of drug-likeness (QED) is 0.549. The van der Waals surface area contributed by atoms with Gasteiger partial charge in [0.05, 0.1) is 11.5 Å². The number of amides is 1. The first kappa shape index (κ1) is 26.8. The van der Waals surface area contributed by atoms with Crippen LogP contribution in [0.25, 0.3) is 0 Å². The average Bonchev–Trinajstić information content (AvgIpc) is 3.28. The number of aryl methyl sites for hydroxylation is 1. The fourth-order valence-corrected chi connectivity index (χ4v) is 5.83. The van der Waals surface area contributed by atoms with E-state index in [4.69, 9.17) is 0 Å². The van der Waals surface area contributed by atoms with Crippen molar-refractivity contribution < 1.29 is 22.4 Å². The van der Waals surface area contributed by atoms with Gasteiger partial charge in [-0.3, -0.25) is 9.69 Å². The van der Waals surface area contributed by atoms with Gasteiger partial charge in [-0.05, 0) is 43.5 Å². The van der Waals surface area contributed by atoms with E-state index in [2.05, 4.69) is 31.6 Å². The standard InChI is InChI=1S/C27H34F4N6O/c1-18-3-6-23-24(18)25(33-17-32-23)36-11-13-37(14-12-36)26(38)20(16-35-9-7-34(2)8-10-35)19-4-5-21(22(28)15-19)27(29,30)31/h4-5,15,17-18,20H,3,6-14,16H2,1-2H3/t18-,20?/m1/s1. The van der Waals surface area contributed by atoms with E-state index in [1.807, 2.05) is 7.05 Å². The van der Waals surface area contributed by atoms with Crippen LogP contribution in [-0.4, -0.2) is 96.5 Å². The molecule has 7 nitrogen and oxygen atoms in total. The van der Waals surface area contributed by atoms with Gasteiger partial charge in [0.25, 0.3) is 0 Å². The smallest absolute Gasteiger partial charge is 0.353 e. The minimum Gasteiger partial charge on any atom is -0.353 e. The van der Waals surface area contributed by atoms with Crippen molar-refractivity contribution in [3.8, 4) is 0 Å². The highest BCUT2D eigenvalue weighted by molar-refractivity contribution is 5.84. The number of hydrogen-bond donors (Lipinski definition) is 0. The summed E-state index contributed by atoms with van der Waals surface area (Å²) >= 11 is 0. The molecule has 2 atom stereocenters. The summed E-state index contributed by atoms with van der Waals surface area (Å²) in [6, 6.07) is 2.90. The van der Waals surface area contributed by atoms with Gasteiger partial charge in [0, 0.05) is 70.2 Å². The number of nitrogens with zero attached hydrogens (tertiary/aromatic N) is 6. The molecule has 2 fully saturated rings. The van der Waals surface area contributed by atoms with Gasteiger partial charge in [0.15, 0.2) is 0 Å². The van der Waals surface area contributed by atoms with Crippen molar-refractivity contribution >= 4 is 11.7 Å². The second-order valence-electron chi connectivity index (χ2n) is 10.7. The first-order valence-electron chi connectivity index (χ1n) is 13.3. The van der Waals surface area contributed by atoms with Crippen molar-refractivity contribution in [2.75, 3.05) is 70.9 Å². The number of carbonyl (C=O) groups is 1. The van der Waals surface area contributed by atoms with Crippen molar-refractivity contribution in [3.63, 3.8) is 0 Å². The number of aromatic nitrogens is 2. The van der Waals surface area contributed by atoms with Gasteiger partial charge in [0.2, 0.25) is 5.91 Å². The van der Waals surface area contributed by atoms with E-state index in [-0.39, 0.29) is 11.5 Å². The van der Waals surface area contributed by atoms with Gasteiger partial charge in [-0.2, -0.15) is 13.2 Å². The first-order valence-corrected chi connectivity index (χ1v) is 13.3. The summed E-state index contributed by atoms with van der Waals surface area (Å²) in [4.78, 5) is 31.1. The summed E-state index contributed by atoms with van der Waals surface area (Å²) in [7, 11) is 2.03. The van der Waals surface area contributed by atoms with E-state index in [0.29, 0.717) is 38.6 Å². The summed E-state index contributed by atoms with van der Waals surface area (Å²) in [6.45, 7) is 7.82. The van der Waals surface area contributed by atoms with Crippen LogP contribution in [0.15, 0.2) is 24.5 Å². The Bertz CT molecular complexity index is 1160. The van der Waals surface area contributed by atoms with Gasteiger partial charge >= 0.3 is 6.18 Å². The van der Waals surface area contributed by atoms with Crippen molar-refractivity contribution in [2.45, 2.75) is 37.8 Å². The highest BCUT2D eigenvalue weighted by Gasteiger charge is 2.37. The maximum Gasteiger partial charge on any atom is 0.419 e. The van der Waals surface area contributed by atoms with Crippen LogP contribution in [0.5, 0.6) is 0 Å². The zero-order chi connectivity index (χ0) is 27.0. The van der Waals surface area contributed by atoms with Crippen LogP contribution in [0.1, 0.15) is 47.6 Å². The number of alkyl halides is 3. The summed E-state index contributed by atoms with van der Waals surface area (Å²) in [5.74, 6) is -0.939. The summed E-state index contributed by atoms with van der Waals surface area (Å²) < 4.78 is 54.1. The maximum absolute atomic E-state index is 14.5. The third kappa shape index (κ3) is 5.49. The molecule has 38 heavy (non-hydrogen) atoms. The molecule has 1 amide bonds. The number of hydrogen-bond acceptors (Lipinski definition) is 6. The number of rotatable bonds is 5. The molecule has 1 aromatic heterocycles. The van der Waals surface area contributed by atoms with Gasteiger partial charge in [0.1, 0.15) is 18.0 Å². The van der Waals surface area contributed by atoms with Crippen molar-refractivity contribution in [3.05, 3.63) is 52.7 Å². The van der Waals surface area contributed by atoms with E-state index in [1.54, 1.807) is 11.2 Å². The third-order valence-corrected chi connectivity index (χ3v) is 8.18. The SMILES string of the molecule is C[C@@H]1CCc2ncnc(N3CCN(C(=O)C(CN4CCN(C)CC4)c4ccc(C(F)(F)F)c(F)c4)CC3)c21. The van der Waals surface area contributed by atoms with Crippen LogP contribution in [0.4, 0.5) is 23.4 Å². The predicted molar refractivity (Wildman–Crippen MR) is 136 cm³/mol. The zero-order valence-electron chi connectivity index (χ0n) is 21.8. The number of benzene rings is 1. The van der Waals surface area contributed by atoms with E-state index in [1.165, 1.54) is 11.6 Å². The molecule has 1 unspecified atom stereocenters. The molecule has 0 saturated carbocycles. The van der Waals surface area contributed by atoms with Gasteiger partial charge in [-0.1, -0.05) is 13.0 Å². The number of piperazine rings is 2. The zero-order valence-corrected chi connectivity index (χ0v) is 21.8. The number of carbonyl (C=O) groups excluding carboxylic acids is 1. The fraction of sp³-hybridized carbons (Fsp3) is 0.593. The van der Waals surface area contributed by atoms with Crippen LogP contribution in [-0.2, 0) is 17.4 Å². The molecule has 206 valence electrons. The third-order valence-electron chi connectivity index (χ3n) is 8.18. The normalized spacial score (nSPS) is 22.0. The number of fused-ring (bicyclic) bond motifs is 1. The molecule has 0 N–H and O–H groups in total. The van der Waals surface area contributed by atoms with E-state index < -0.39 is 23.5 Å². The van der Waals surface area contributed by atoms with Gasteiger partial charge in [-0.25, -0.2) is 14.4 Å². The molecule has 0 radical (unpaired) electrons. The highest BCUT2D eigenvalue weighted by Crippen LogP contribution is 2.37. The molecule has 2 saturated heterocycles. The lowest BCUT2D eigenvalue weighted by Gasteiger charge is -2.39. The van der Waals surface area contributed by atoms with Crippen LogP contribution in [0.3, 0.4) is 0 Å². The lowest BCUT2D eigenvalue weighted by atomic mass is 9.94. The van der Waals surface area contributed by atoms with Gasteiger partial charge < -0.3 is 14.7 Å². The molecule has 2 aliphatic heterocycles. The Kier molecular flexibility index (Phi) is 7.59. The Morgan fingerprint density at radius 2 is 1.76 bits per heavy atom. The van der Waals surface area contributed by atoms with E-state index in [0.717, 1.165) is 62.7 Å². The molecule has 0 spiro atoms. The first-order chi connectivity index (χ1) is 18.1. The van der Waals surface area contributed by atoms with Crippen molar-refractivity contribution in [1.82, 2.24) is 24.7 Å². The maximum atomic E-state index is 14.5. The molecule has 2 aromatic rings. The van der Waals surface area contributed by atoms with Crippen LogP contribution < -0.4 is 4.90 Å². The molecule has 3 aliphatic rings. The Hall–Kier alpha value is -2.79. The Labute approximate surface area is 220 Å².